The summed E-state index contributed by atoms with van der Waals surface area (Å²) in [6, 6.07) is 0. The molecule has 0 aromatic carbocycles. The van der Waals surface area contributed by atoms with Gasteiger partial charge in [0, 0.05) is 0 Å². The quantitative estimate of drug-likeness (QED) is 0.487. The van der Waals surface area contributed by atoms with E-state index in [1.54, 1.807) is 13.8 Å². The van der Waals surface area contributed by atoms with E-state index in [2.05, 4.69) is 0 Å². The van der Waals surface area contributed by atoms with E-state index in [0.29, 0.717) is 0 Å². The summed E-state index contributed by atoms with van der Waals surface area (Å²) in [6.07, 6.45) is -1.42. The molecule has 1 rings (SSSR count). The first-order chi connectivity index (χ1) is 5.82. The summed E-state index contributed by atoms with van der Waals surface area (Å²) in [5.41, 5.74) is 0. The molecule has 0 amide bonds. The Morgan fingerprint density at radius 2 is 1.85 bits per heavy atom. The van der Waals surface area contributed by atoms with Gasteiger partial charge in [0.15, 0.2) is 0 Å². The van der Waals surface area contributed by atoms with Crippen LogP contribution in [0.4, 0.5) is 0 Å². The predicted octanol–water partition coefficient (Wildman–Crippen LogP) is 2.28. The summed E-state index contributed by atoms with van der Waals surface area (Å²) in [6.45, 7) is 3.43. The third-order valence-electron chi connectivity index (χ3n) is 1.90. The number of rotatable bonds is 0. The zero-order valence-electron chi connectivity index (χ0n) is 7.09. The topological polar surface area (TPSA) is 35.5 Å². The number of esters is 1. The van der Waals surface area contributed by atoms with Crippen molar-refractivity contribution in [2.75, 3.05) is 0 Å². The minimum absolute atomic E-state index is 0.304. The maximum absolute atomic E-state index is 11.2. The Morgan fingerprint density at radius 3 is 2.23 bits per heavy atom. The second-order valence-electron chi connectivity index (χ2n) is 2.94. The van der Waals surface area contributed by atoms with Crippen LogP contribution in [0.3, 0.4) is 0 Å². The van der Waals surface area contributed by atoms with Crippen molar-refractivity contribution in [3.63, 3.8) is 0 Å². The van der Waals surface area contributed by atoms with Crippen LogP contribution in [-0.4, -0.2) is 22.2 Å². The number of cyclic esters (lactones) is 1. The number of alkyl halides is 3. The lowest BCUT2D eigenvalue weighted by Gasteiger charge is -2.34. The summed E-state index contributed by atoms with van der Waals surface area (Å²) < 4.78 is 8.24. The standard InChI is InChI=1S/C7H9Cl3O3/c1-3-4(2)12-6(7(8,9)10)13-5(3)11/h3-4,6H,1-2H3. The van der Waals surface area contributed by atoms with E-state index in [4.69, 9.17) is 44.3 Å². The lowest BCUT2D eigenvalue weighted by atomic mass is 10.1. The van der Waals surface area contributed by atoms with Crippen LogP contribution in [0.25, 0.3) is 0 Å². The van der Waals surface area contributed by atoms with Gasteiger partial charge < -0.3 is 9.47 Å². The van der Waals surface area contributed by atoms with Crippen molar-refractivity contribution in [1.82, 2.24) is 0 Å². The van der Waals surface area contributed by atoms with E-state index >= 15 is 0 Å². The van der Waals surface area contributed by atoms with E-state index in [1.807, 2.05) is 0 Å². The molecule has 76 valence electrons. The first-order valence-electron chi connectivity index (χ1n) is 3.75. The number of hydrogen-bond acceptors (Lipinski definition) is 3. The number of carbonyl (C=O) groups is 1. The van der Waals surface area contributed by atoms with Crippen molar-refractivity contribution in [3.8, 4) is 0 Å². The fourth-order valence-corrected chi connectivity index (χ4v) is 1.18. The molecule has 1 fully saturated rings. The van der Waals surface area contributed by atoms with Crippen molar-refractivity contribution < 1.29 is 14.3 Å². The van der Waals surface area contributed by atoms with E-state index in [1.165, 1.54) is 0 Å². The van der Waals surface area contributed by atoms with E-state index in [-0.39, 0.29) is 12.0 Å². The summed E-state index contributed by atoms with van der Waals surface area (Å²) in [7, 11) is 0. The summed E-state index contributed by atoms with van der Waals surface area (Å²) in [5, 5.41) is 0. The Hall–Kier alpha value is 0.300. The highest BCUT2D eigenvalue weighted by atomic mass is 35.6. The Kier molecular flexibility index (Phi) is 3.33. The van der Waals surface area contributed by atoms with Crippen LogP contribution in [0, 0.1) is 5.92 Å². The third kappa shape index (κ3) is 2.62. The molecule has 0 bridgehead atoms. The van der Waals surface area contributed by atoms with Gasteiger partial charge in [-0.25, -0.2) is 0 Å². The van der Waals surface area contributed by atoms with Gasteiger partial charge in [-0.1, -0.05) is 34.8 Å². The van der Waals surface area contributed by atoms with Crippen molar-refractivity contribution >= 4 is 40.8 Å². The van der Waals surface area contributed by atoms with Crippen molar-refractivity contribution in [1.29, 1.82) is 0 Å². The van der Waals surface area contributed by atoms with Crippen molar-refractivity contribution in [2.24, 2.45) is 5.92 Å². The zero-order chi connectivity index (χ0) is 10.2. The van der Waals surface area contributed by atoms with Crippen molar-refractivity contribution in [3.05, 3.63) is 0 Å². The van der Waals surface area contributed by atoms with E-state index in [9.17, 15) is 4.79 Å². The largest absolute Gasteiger partial charge is 0.431 e. The highest BCUT2D eigenvalue weighted by Crippen LogP contribution is 2.36. The van der Waals surface area contributed by atoms with E-state index in [0.717, 1.165) is 0 Å². The van der Waals surface area contributed by atoms with Gasteiger partial charge in [0.05, 0.1) is 12.0 Å². The van der Waals surface area contributed by atoms with Gasteiger partial charge in [0.2, 0.25) is 0 Å². The molecule has 3 atom stereocenters. The maximum Gasteiger partial charge on any atom is 0.313 e. The van der Waals surface area contributed by atoms with Gasteiger partial charge in [-0.15, -0.1) is 0 Å². The summed E-state index contributed by atoms with van der Waals surface area (Å²) >= 11 is 16.6. The molecule has 1 saturated heterocycles. The fourth-order valence-electron chi connectivity index (χ4n) is 0.889. The molecule has 0 aliphatic carbocycles. The summed E-state index contributed by atoms with van der Waals surface area (Å²) in [4.78, 5) is 11.2. The Bertz CT molecular complexity index is 214. The molecule has 0 aromatic heterocycles. The fraction of sp³-hybridized carbons (Fsp3) is 0.857. The Morgan fingerprint density at radius 1 is 1.31 bits per heavy atom. The Labute approximate surface area is 91.2 Å². The predicted molar refractivity (Wildman–Crippen MR) is 49.9 cm³/mol. The molecule has 0 radical (unpaired) electrons. The number of halogens is 3. The average Bonchev–Trinajstić information content (AvgIpc) is 1.97. The second-order valence-corrected chi connectivity index (χ2v) is 5.31. The van der Waals surface area contributed by atoms with Gasteiger partial charge in [0.1, 0.15) is 0 Å². The minimum Gasteiger partial charge on any atom is -0.431 e. The van der Waals surface area contributed by atoms with Gasteiger partial charge in [0.25, 0.3) is 10.1 Å². The summed E-state index contributed by atoms with van der Waals surface area (Å²) in [5.74, 6) is -0.737. The second kappa shape index (κ2) is 3.81. The number of hydrogen-bond donors (Lipinski definition) is 0. The molecular formula is C7H9Cl3O3. The normalized spacial score (nSPS) is 35.8. The van der Waals surface area contributed by atoms with Crippen LogP contribution in [0.5, 0.6) is 0 Å². The average molecular weight is 248 g/mol. The highest BCUT2D eigenvalue weighted by Gasteiger charge is 2.44. The molecule has 0 N–H and O–H groups in total. The number of carbonyl (C=O) groups excluding carboxylic acids is 1. The lowest BCUT2D eigenvalue weighted by molar-refractivity contribution is -0.223. The SMILES string of the molecule is CC1OC(C(Cl)(Cl)Cl)OC(=O)C1C. The van der Waals surface area contributed by atoms with Gasteiger partial charge in [-0.05, 0) is 13.8 Å². The van der Waals surface area contributed by atoms with Crippen LogP contribution < -0.4 is 0 Å². The highest BCUT2D eigenvalue weighted by molar-refractivity contribution is 6.68. The first kappa shape index (κ1) is 11.4. The Balaban J connectivity index is 2.69. The van der Waals surface area contributed by atoms with Crippen LogP contribution in [0.15, 0.2) is 0 Å². The van der Waals surface area contributed by atoms with Gasteiger partial charge in [-0.3, -0.25) is 4.79 Å². The lowest BCUT2D eigenvalue weighted by Crippen LogP contribution is -2.46. The monoisotopic (exact) mass is 246 g/mol. The van der Waals surface area contributed by atoms with E-state index < -0.39 is 16.1 Å². The molecular weight excluding hydrogens is 238 g/mol. The third-order valence-corrected chi connectivity index (χ3v) is 2.44. The molecule has 0 aromatic rings. The minimum atomic E-state index is -1.73. The molecule has 13 heavy (non-hydrogen) atoms. The zero-order valence-corrected chi connectivity index (χ0v) is 9.36. The first-order valence-corrected chi connectivity index (χ1v) is 4.88. The molecule has 1 aliphatic heterocycles. The number of ether oxygens (including phenoxy) is 2. The van der Waals surface area contributed by atoms with Gasteiger partial charge >= 0.3 is 5.97 Å². The van der Waals surface area contributed by atoms with Crippen LogP contribution in [0.1, 0.15) is 13.8 Å². The smallest absolute Gasteiger partial charge is 0.313 e. The molecule has 1 aliphatic rings. The molecule has 3 nitrogen and oxygen atoms in total. The van der Waals surface area contributed by atoms with Crippen LogP contribution in [-0.2, 0) is 14.3 Å². The van der Waals surface area contributed by atoms with Crippen LogP contribution in [0.2, 0.25) is 0 Å². The van der Waals surface area contributed by atoms with Crippen molar-refractivity contribution in [2.45, 2.75) is 30.0 Å². The molecule has 0 spiro atoms. The van der Waals surface area contributed by atoms with Crippen LogP contribution >= 0.6 is 34.8 Å². The molecule has 6 heteroatoms. The molecule has 1 heterocycles. The van der Waals surface area contributed by atoms with Gasteiger partial charge in [-0.2, -0.15) is 0 Å². The maximum atomic E-state index is 11.2. The molecule has 3 unspecified atom stereocenters. The molecule has 0 saturated carbocycles.